The van der Waals surface area contributed by atoms with Crippen LogP contribution in [0.25, 0.3) is 0 Å². The molecule has 0 radical (unpaired) electrons. The standard InChI is InChI=1S/C17H23ClO/c18-13-17(12-14-7-10-19-11-8-14)9-3-5-15-4-1-2-6-16(15)17/h1-2,4,6,14H,3,5,7-13H2. The van der Waals surface area contributed by atoms with E-state index in [9.17, 15) is 0 Å². The highest BCUT2D eigenvalue weighted by molar-refractivity contribution is 6.18. The molecule has 19 heavy (non-hydrogen) atoms. The monoisotopic (exact) mass is 278 g/mol. The number of ether oxygens (including phenoxy) is 1. The fourth-order valence-electron chi connectivity index (χ4n) is 3.92. The average molecular weight is 279 g/mol. The predicted molar refractivity (Wildman–Crippen MR) is 79.9 cm³/mol. The molecule has 1 atom stereocenters. The van der Waals surface area contributed by atoms with Gasteiger partial charge in [0.25, 0.3) is 0 Å². The van der Waals surface area contributed by atoms with Crippen LogP contribution < -0.4 is 0 Å². The van der Waals surface area contributed by atoms with E-state index in [2.05, 4.69) is 24.3 Å². The van der Waals surface area contributed by atoms with E-state index < -0.39 is 0 Å². The van der Waals surface area contributed by atoms with Crippen molar-refractivity contribution in [1.82, 2.24) is 0 Å². The van der Waals surface area contributed by atoms with Crippen LogP contribution in [0.4, 0.5) is 0 Å². The van der Waals surface area contributed by atoms with Gasteiger partial charge < -0.3 is 4.74 Å². The molecule has 1 aromatic rings. The normalized spacial score (nSPS) is 28.1. The molecule has 3 rings (SSSR count). The van der Waals surface area contributed by atoms with Crippen LogP contribution in [0.2, 0.25) is 0 Å². The second kappa shape index (κ2) is 5.85. The smallest absolute Gasteiger partial charge is 0.0468 e. The first-order valence-electron chi connectivity index (χ1n) is 7.56. The summed E-state index contributed by atoms with van der Waals surface area (Å²) < 4.78 is 5.49. The highest BCUT2D eigenvalue weighted by Crippen LogP contribution is 2.44. The number of aryl methyl sites for hydroxylation is 1. The minimum absolute atomic E-state index is 0.221. The average Bonchev–Trinajstić information content (AvgIpc) is 2.49. The van der Waals surface area contributed by atoms with Gasteiger partial charge in [-0.3, -0.25) is 0 Å². The fourth-order valence-corrected chi connectivity index (χ4v) is 4.30. The molecule has 0 aromatic heterocycles. The Hall–Kier alpha value is -0.530. The number of hydrogen-bond acceptors (Lipinski definition) is 1. The fraction of sp³-hybridized carbons (Fsp3) is 0.647. The van der Waals surface area contributed by atoms with Crippen molar-refractivity contribution in [3.05, 3.63) is 35.4 Å². The lowest BCUT2D eigenvalue weighted by Crippen LogP contribution is -2.36. The summed E-state index contributed by atoms with van der Waals surface area (Å²) in [6.45, 7) is 1.87. The Bertz CT molecular complexity index is 425. The van der Waals surface area contributed by atoms with E-state index in [1.165, 1.54) is 49.7 Å². The Morgan fingerprint density at radius 1 is 1.21 bits per heavy atom. The number of fused-ring (bicyclic) bond motifs is 1. The van der Waals surface area contributed by atoms with Crippen molar-refractivity contribution in [3.8, 4) is 0 Å². The number of halogens is 1. The predicted octanol–water partition coefficient (Wildman–Crippen LogP) is 4.32. The molecule has 2 aliphatic rings. The van der Waals surface area contributed by atoms with Gasteiger partial charge >= 0.3 is 0 Å². The molecule has 104 valence electrons. The van der Waals surface area contributed by atoms with Crippen molar-refractivity contribution in [1.29, 1.82) is 0 Å². The molecule has 0 spiro atoms. The lowest BCUT2D eigenvalue weighted by Gasteiger charge is -2.41. The van der Waals surface area contributed by atoms with Gasteiger partial charge in [0.2, 0.25) is 0 Å². The molecule has 1 heterocycles. The zero-order chi connectivity index (χ0) is 13.1. The van der Waals surface area contributed by atoms with Gasteiger partial charge in [-0.05, 0) is 55.6 Å². The first-order chi connectivity index (χ1) is 9.34. The van der Waals surface area contributed by atoms with Crippen molar-refractivity contribution >= 4 is 11.6 Å². The van der Waals surface area contributed by atoms with Gasteiger partial charge in [-0.1, -0.05) is 24.3 Å². The summed E-state index contributed by atoms with van der Waals surface area (Å²) in [7, 11) is 0. The molecule has 1 fully saturated rings. The molecule has 1 saturated heterocycles. The van der Waals surface area contributed by atoms with Crippen molar-refractivity contribution in [2.24, 2.45) is 5.92 Å². The summed E-state index contributed by atoms with van der Waals surface area (Å²) in [6, 6.07) is 8.95. The Morgan fingerprint density at radius 2 is 2.00 bits per heavy atom. The van der Waals surface area contributed by atoms with E-state index in [1.807, 2.05) is 0 Å². The van der Waals surface area contributed by atoms with Crippen LogP contribution in [0.3, 0.4) is 0 Å². The molecular weight excluding hydrogens is 256 g/mol. The Morgan fingerprint density at radius 3 is 2.79 bits per heavy atom. The topological polar surface area (TPSA) is 9.23 Å². The molecule has 1 nitrogen and oxygen atoms in total. The zero-order valence-corrected chi connectivity index (χ0v) is 12.3. The minimum Gasteiger partial charge on any atom is -0.381 e. The Labute approximate surface area is 121 Å². The van der Waals surface area contributed by atoms with E-state index in [1.54, 1.807) is 0 Å². The van der Waals surface area contributed by atoms with Gasteiger partial charge in [0.1, 0.15) is 0 Å². The third kappa shape index (κ3) is 2.68. The van der Waals surface area contributed by atoms with E-state index in [0.29, 0.717) is 0 Å². The SMILES string of the molecule is ClCC1(CC2CCOCC2)CCCc2ccccc21. The molecule has 1 aliphatic heterocycles. The van der Waals surface area contributed by atoms with Crippen molar-refractivity contribution < 1.29 is 4.74 Å². The van der Waals surface area contributed by atoms with Crippen molar-refractivity contribution in [2.45, 2.75) is 43.9 Å². The number of rotatable bonds is 3. The lowest BCUT2D eigenvalue weighted by atomic mass is 9.66. The number of benzene rings is 1. The van der Waals surface area contributed by atoms with E-state index in [4.69, 9.17) is 16.3 Å². The molecule has 0 bridgehead atoms. The molecule has 1 aromatic carbocycles. The maximum Gasteiger partial charge on any atom is 0.0468 e. The molecule has 0 amide bonds. The highest BCUT2D eigenvalue weighted by atomic mass is 35.5. The van der Waals surface area contributed by atoms with Gasteiger partial charge in [-0.15, -0.1) is 11.6 Å². The van der Waals surface area contributed by atoms with E-state index >= 15 is 0 Å². The third-order valence-corrected chi connectivity index (χ3v) is 5.48. The first kappa shape index (κ1) is 13.5. The second-order valence-corrected chi connectivity index (χ2v) is 6.45. The van der Waals surface area contributed by atoms with Crippen LogP contribution in [0.5, 0.6) is 0 Å². The molecule has 2 heteroatoms. The number of hydrogen-bond donors (Lipinski definition) is 0. The largest absolute Gasteiger partial charge is 0.381 e. The summed E-state index contributed by atoms with van der Waals surface area (Å²) in [4.78, 5) is 0. The first-order valence-corrected chi connectivity index (χ1v) is 8.10. The van der Waals surface area contributed by atoms with Gasteiger partial charge in [0, 0.05) is 24.5 Å². The van der Waals surface area contributed by atoms with E-state index in [-0.39, 0.29) is 5.41 Å². The van der Waals surface area contributed by atoms with Gasteiger partial charge in [0.15, 0.2) is 0 Å². The molecule has 1 aliphatic carbocycles. The van der Waals surface area contributed by atoms with Gasteiger partial charge in [-0.2, -0.15) is 0 Å². The highest BCUT2D eigenvalue weighted by Gasteiger charge is 2.37. The zero-order valence-electron chi connectivity index (χ0n) is 11.5. The van der Waals surface area contributed by atoms with Gasteiger partial charge in [-0.25, -0.2) is 0 Å². The second-order valence-electron chi connectivity index (χ2n) is 6.18. The van der Waals surface area contributed by atoms with Crippen LogP contribution in [-0.2, 0) is 16.6 Å². The van der Waals surface area contributed by atoms with Crippen molar-refractivity contribution in [2.75, 3.05) is 19.1 Å². The maximum atomic E-state index is 6.45. The van der Waals surface area contributed by atoms with Crippen LogP contribution >= 0.6 is 11.6 Å². The number of alkyl halides is 1. The minimum atomic E-state index is 0.221. The van der Waals surface area contributed by atoms with Gasteiger partial charge in [0.05, 0.1) is 0 Å². The summed E-state index contributed by atoms with van der Waals surface area (Å²) in [5.41, 5.74) is 3.28. The van der Waals surface area contributed by atoms with Crippen LogP contribution in [-0.4, -0.2) is 19.1 Å². The molecule has 0 saturated carbocycles. The molecule has 1 unspecified atom stereocenters. The summed E-state index contributed by atoms with van der Waals surface area (Å²) in [5.74, 6) is 1.56. The van der Waals surface area contributed by atoms with E-state index in [0.717, 1.165) is 25.0 Å². The van der Waals surface area contributed by atoms with Crippen LogP contribution in [0.15, 0.2) is 24.3 Å². The van der Waals surface area contributed by atoms with Crippen LogP contribution in [0, 0.1) is 5.92 Å². The van der Waals surface area contributed by atoms with Crippen molar-refractivity contribution in [3.63, 3.8) is 0 Å². The summed E-state index contributed by atoms with van der Waals surface area (Å²) in [5, 5.41) is 0. The summed E-state index contributed by atoms with van der Waals surface area (Å²) >= 11 is 6.45. The molecule has 0 N–H and O–H groups in total. The maximum absolute atomic E-state index is 6.45. The lowest BCUT2D eigenvalue weighted by molar-refractivity contribution is 0.0556. The Balaban J connectivity index is 1.86. The Kier molecular flexibility index (Phi) is 4.14. The quantitative estimate of drug-likeness (QED) is 0.749. The third-order valence-electron chi connectivity index (χ3n) is 4.97. The van der Waals surface area contributed by atoms with Crippen LogP contribution in [0.1, 0.15) is 43.2 Å². The summed E-state index contributed by atoms with van der Waals surface area (Å²) in [6.07, 6.45) is 7.43. The molecular formula is C17H23ClO.